The first-order valence-corrected chi connectivity index (χ1v) is 7.35. The summed E-state index contributed by atoms with van der Waals surface area (Å²) in [7, 11) is 0. The Labute approximate surface area is 104 Å². The number of hydrogen-bond acceptors (Lipinski definition) is 2. The SMILES string of the molecule is O=C(NCCC1CC2CCC(C1)N2)C1CCC1. The molecule has 2 N–H and O–H groups in total. The highest BCUT2D eigenvalue weighted by Gasteiger charge is 2.33. The molecule has 0 aromatic rings. The van der Waals surface area contributed by atoms with Crippen molar-refractivity contribution in [3.63, 3.8) is 0 Å². The summed E-state index contributed by atoms with van der Waals surface area (Å²) in [6.07, 6.45) is 10.1. The predicted molar refractivity (Wildman–Crippen MR) is 67.6 cm³/mol. The molecule has 0 aromatic carbocycles. The van der Waals surface area contributed by atoms with Gasteiger partial charge in [-0.05, 0) is 50.9 Å². The summed E-state index contributed by atoms with van der Waals surface area (Å²) in [5.41, 5.74) is 0. The second-order valence-electron chi connectivity index (χ2n) is 6.18. The molecule has 2 saturated heterocycles. The lowest BCUT2D eigenvalue weighted by molar-refractivity contribution is -0.127. The monoisotopic (exact) mass is 236 g/mol. The van der Waals surface area contributed by atoms with Crippen LogP contribution in [0.5, 0.6) is 0 Å². The van der Waals surface area contributed by atoms with E-state index < -0.39 is 0 Å². The van der Waals surface area contributed by atoms with Gasteiger partial charge in [-0.25, -0.2) is 0 Å². The molecular weight excluding hydrogens is 212 g/mol. The van der Waals surface area contributed by atoms with Crippen LogP contribution in [0.2, 0.25) is 0 Å². The van der Waals surface area contributed by atoms with Crippen LogP contribution in [0.3, 0.4) is 0 Å². The van der Waals surface area contributed by atoms with Crippen molar-refractivity contribution in [1.29, 1.82) is 0 Å². The van der Waals surface area contributed by atoms with Crippen molar-refractivity contribution in [2.75, 3.05) is 6.54 Å². The van der Waals surface area contributed by atoms with Crippen molar-refractivity contribution in [2.45, 2.75) is 63.5 Å². The molecule has 96 valence electrons. The van der Waals surface area contributed by atoms with Gasteiger partial charge in [0.25, 0.3) is 0 Å². The van der Waals surface area contributed by atoms with E-state index in [2.05, 4.69) is 10.6 Å². The van der Waals surface area contributed by atoms with Gasteiger partial charge in [0.1, 0.15) is 0 Å². The number of fused-ring (bicyclic) bond motifs is 2. The third-order valence-corrected chi connectivity index (χ3v) is 4.90. The highest BCUT2D eigenvalue weighted by atomic mass is 16.1. The zero-order valence-corrected chi connectivity index (χ0v) is 10.6. The number of carbonyl (C=O) groups excluding carboxylic acids is 1. The van der Waals surface area contributed by atoms with Crippen LogP contribution in [0.25, 0.3) is 0 Å². The van der Waals surface area contributed by atoms with Crippen molar-refractivity contribution in [3.8, 4) is 0 Å². The lowest BCUT2D eigenvalue weighted by atomic mass is 9.84. The lowest BCUT2D eigenvalue weighted by Gasteiger charge is -2.29. The largest absolute Gasteiger partial charge is 0.356 e. The third kappa shape index (κ3) is 2.65. The Kier molecular flexibility index (Phi) is 3.37. The summed E-state index contributed by atoms with van der Waals surface area (Å²) in [6, 6.07) is 1.56. The molecule has 1 saturated carbocycles. The van der Waals surface area contributed by atoms with Crippen LogP contribution in [-0.4, -0.2) is 24.5 Å². The molecule has 2 heterocycles. The van der Waals surface area contributed by atoms with Gasteiger partial charge in [-0.1, -0.05) is 6.42 Å². The third-order valence-electron chi connectivity index (χ3n) is 4.90. The molecule has 2 bridgehead atoms. The summed E-state index contributed by atoms with van der Waals surface area (Å²) in [6.45, 7) is 0.902. The van der Waals surface area contributed by atoms with E-state index in [4.69, 9.17) is 0 Å². The average Bonchev–Trinajstić information content (AvgIpc) is 2.55. The fraction of sp³-hybridized carbons (Fsp3) is 0.929. The standard InChI is InChI=1S/C14H24N2O/c17-14(11-2-1-3-11)15-7-6-10-8-12-4-5-13(9-10)16-12/h10-13,16H,1-9H2,(H,15,17). The van der Waals surface area contributed by atoms with E-state index in [0.717, 1.165) is 37.4 Å². The van der Waals surface area contributed by atoms with Crippen LogP contribution in [0, 0.1) is 11.8 Å². The molecule has 3 aliphatic rings. The van der Waals surface area contributed by atoms with Crippen molar-refractivity contribution in [3.05, 3.63) is 0 Å². The van der Waals surface area contributed by atoms with E-state index in [1.165, 1.54) is 38.5 Å². The zero-order valence-electron chi connectivity index (χ0n) is 10.6. The highest BCUT2D eigenvalue weighted by Crippen LogP contribution is 2.32. The normalized spacial score (nSPS) is 36.6. The van der Waals surface area contributed by atoms with E-state index in [0.29, 0.717) is 11.8 Å². The number of nitrogens with one attached hydrogen (secondary N) is 2. The van der Waals surface area contributed by atoms with Gasteiger partial charge >= 0.3 is 0 Å². The van der Waals surface area contributed by atoms with E-state index in [-0.39, 0.29) is 0 Å². The molecule has 3 heteroatoms. The van der Waals surface area contributed by atoms with Gasteiger partial charge in [-0.3, -0.25) is 4.79 Å². The molecule has 3 rings (SSSR count). The number of rotatable bonds is 4. The Morgan fingerprint density at radius 3 is 2.41 bits per heavy atom. The van der Waals surface area contributed by atoms with Crippen molar-refractivity contribution in [1.82, 2.24) is 10.6 Å². The van der Waals surface area contributed by atoms with Crippen molar-refractivity contribution >= 4 is 5.91 Å². The maximum absolute atomic E-state index is 11.7. The summed E-state index contributed by atoms with van der Waals surface area (Å²) in [4.78, 5) is 11.7. The highest BCUT2D eigenvalue weighted by molar-refractivity contribution is 5.79. The summed E-state index contributed by atoms with van der Waals surface area (Å²) in [5, 5.41) is 6.79. The summed E-state index contributed by atoms with van der Waals surface area (Å²) < 4.78 is 0. The Morgan fingerprint density at radius 1 is 1.12 bits per heavy atom. The predicted octanol–water partition coefficient (Wildman–Crippen LogP) is 1.82. The minimum atomic E-state index is 0.313. The lowest BCUT2D eigenvalue weighted by Crippen LogP contribution is -2.40. The smallest absolute Gasteiger partial charge is 0.223 e. The van der Waals surface area contributed by atoms with E-state index in [9.17, 15) is 4.79 Å². The quantitative estimate of drug-likeness (QED) is 0.782. The zero-order chi connectivity index (χ0) is 11.7. The molecule has 3 nitrogen and oxygen atoms in total. The molecule has 3 fully saturated rings. The van der Waals surface area contributed by atoms with Crippen LogP contribution in [0.4, 0.5) is 0 Å². The number of piperidine rings is 1. The number of carbonyl (C=O) groups is 1. The minimum absolute atomic E-state index is 0.313. The van der Waals surface area contributed by atoms with Gasteiger partial charge in [0.05, 0.1) is 0 Å². The van der Waals surface area contributed by atoms with Crippen molar-refractivity contribution in [2.24, 2.45) is 11.8 Å². The van der Waals surface area contributed by atoms with Gasteiger partial charge in [0.15, 0.2) is 0 Å². The first kappa shape index (κ1) is 11.5. The Hall–Kier alpha value is -0.570. The molecule has 2 atom stereocenters. The number of amides is 1. The first-order valence-electron chi connectivity index (χ1n) is 7.35. The topological polar surface area (TPSA) is 41.1 Å². The summed E-state index contributed by atoms with van der Waals surface area (Å²) in [5.74, 6) is 1.50. The maximum atomic E-state index is 11.7. The van der Waals surface area contributed by atoms with Crippen LogP contribution < -0.4 is 10.6 Å². The van der Waals surface area contributed by atoms with Gasteiger partial charge in [0.2, 0.25) is 5.91 Å². The molecule has 17 heavy (non-hydrogen) atoms. The Bertz CT molecular complexity index is 276. The molecule has 0 aromatic heterocycles. The average molecular weight is 236 g/mol. The second kappa shape index (κ2) is 4.97. The maximum Gasteiger partial charge on any atom is 0.223 e. The molecule has 2 unspecified atom stereocenters. The molecule has 1 amide bonds. The Balaban J connectivity index is 1.35. The van der Waals surface area contributed by atoms with Crippen LogP contribution in [0.1, 0.15) is 51.4 Å². The molecule has 0 spiro atoms. The van der Waals surface area contributed by atoms with Crippen LogP contribution in [0.15, 0.2) is 0 Å². The van der Waals surface area contributed by atoms with Gasteiger partial charge < -0.3 is 10.6 Å². The molecule has 0 radical (unpaired) electrons. The first-order chi connectivity index (χ1) is 8.31. The van der Waals surface area contributed by atoms with Gasteiger partial charge in [-0.2, -0.15) is 0 Å². The van der Waals surface area contributed by atoms with Gasteiger partial charge in [0, 0.05) is 24.5 Å². The molecular formula is C14H24N2O. The Morgan fingerprint density at radius 2 is 1.82 bits per heavy atom. The molecule has 1 aliphatic carbocycles. The minimum Gasteiger partial charge on any atom is -0.356 e. The van der Waals surface area contributed by atoms with E-state index >= 15 is 0 Å². The molecule has 2 aliphatic heterocycles. The van der Waals surface area contributed by atoms with E-state index in [1.54, 1.807) is 0 Å². The van der Waals surface area contributed by atoms with E-state index in [1.807, 2.05) is 0 Å². The van der Waals surface area contributed by atoms with Crippen molar-refractivity contribution < 1.29 is 4.79 Å². The van der Waals surface area contributed by atoms with Crippen LogP contribution >= 0.6 is 0 Å². The van der Waals surface area contributed by atoms with Gasteiger partial charge in [-0.15, -0.1) is 0 Å². The number of hydrogen-bond donors (Lipinski definition) is 2. The summed E-state index contributed by atoms with van der Waals surface area (Å²) >= 11 is 0. The fourth-order valence-electron chi connectivity index (χ4n) is 3.63. The second-order valence-corrected chi connectivity index (χ2v) is 6.18. The fourth-order valence-corrected chi connectivity index (χ4v) is 3.63. The van der Waals surface area contributed by atoms with Crippen LogP contribution in [-0.2, 0) is 4.79 Å².